The van der Waals surface area contributed by atoms with Crippen LogP contribution in [0.25, 0.3) is 11.3 Å². The van der Waals surface area contributed by atoms with Gasteiger partial charge in [-0.1, -0.05) is 6.07 Å². The SMILES string of the molecule is COc1ccc(Cn2cc(-c3cc(C(C)=O)nc(S(C)(=O)=O)n3)ccc2=O)cc1OC. The van der Waals surface area contributed by atoms with Crippen LogP contribution in [0.4, 0.5) is 0 Å². The largest absolute Gasteiger partial charge is 0.493 e. The number of pyridine rings is 1. The molecule has 3 aromatic rings. The number of hydrogen-bond acceptors (Lipinski definition) is 8. The van der Waals surface area contributed by atoms with Gasteiger partial charge in [0.05, 0.1) is 26.5 Å². The van der Waals surface area contributed by atoms with E-state index in [-0.39, 0.29) is 23.5 Å². The molecule has 0 saturated carbocycles. The Hall–Kier alpha value is -3.53. The summed E-state index contributed by atoms with van der Waals surface area (Å²) in [6, 6.07) is 9.58. The molecule has 2 aromatic heterocycles. The Kier molecular flexibility index (Phi) is 6.21. The van der Waals surface area contributed by atoms with Crippen LogP contribution >= 0.6 is 0 Å². The predicted molar refractivity (Wildman–Crippen MR) is 113 cm³/mol. The first kappa shape index (κ1) is 22.2. The number of benzene rings is 1. The summed E-state index contributed by atoms with van der Waals surface area (Å²) in [6.45, 7) is 1.52. The highest BCUT2D eigenvalue weighted by Gasteiger charge is 2.17. The first-order valence-electron chi connectivity index (χ1n) is 9.14. The maximum Gasteiger partial charge on any atom is 0.250 e. The quantitative estimate of drug-likeness (QED) is 0.402. The second kappa shape index (κ2) is 8.68. The van der Waals surface area contributed by atoms with Crippen molar-refractivity contribution in [1.29, 1.82) is 0 Å². The van der Waals surface area contributed by atoms with Crippen LogP contribution in [-0.4, -0.2) is 49.2 Å². The number of methoxy groups -OCH3 is 2. The van der Waals surface area contributed by atoms with Gasteiger partial charge < -0.3 is 14.0 Å². The Morgan fingerprint density at radius 3 is 2.35 bits per heavy atom. The fraction of sp³-hybridized carbons (Fsp3) is 0.238. The van der Waals surface area contributed by atoms with Crippen molar-refractivity contribution in [3.63, 3.8) is 0 Å². The standard InChI is InChI=1S/C21H21N3O6S/c1-13(25)16-10-17(23-21(22-16)31(4,27)28)15-6-8-20(26)24(12-15)11-14-5-7-18(29-2)19(9-14)30-3/h5-10,12H,11H2,1-4H3. The number of nitrogens with zero attached hydrogens (tertiary/aromatic N) is 3. The zero-order chi connectivity index (χ0) is 22.8. The van der Waals surface area contributed by atoms with Gasteiger partial charge in [0.2, 0.25) is 15.0 Å². The summed E-state index contributed by atoms with van der Waals surface area (Å²) in [4.78, 5) is 32.1. The first-order chi connectivity index (χ1) is 14.6. The molecule has 0 aliphatic heterocycles. The van der Waals surface area contributed by atoms with Gasteiger partial charge in [0.15, 0.2) is 17.3 Å². The van der Waals surface area contributed by atoms with Crippen LogP contribution in [0, 0.1) is 0 Å². The van der Waals surface area contributed by atoms with Crippen LogP contribution in [0.5, 0.6) is 11.5 Å². The van der Waals surface area contributed by atoms with Crippen LogP contribution in [0.2, 0.25) is 0 Å². The number of aromatic nitrogens is 3. The lowest BCUT2D eigenvalue weighted by molar-refractivity contribution is 0.101. The molecule has 0 fully saturated rings. The van der Waals surface area contributed by atoms with Gasteiger partial charge in [-0.15, -0.1) is 0 Å². The average Bonchev–Trinajstić information content (AvgIpc) is 2.74. The molecule has 0 amide bonds. The molecule has 162 valence electrons. The molecule has 0 aliphatic rings. The molecule has 31 heavy (non-hydrogen) atoms. The van der Waals surface area contributed by atoms with Gasteiger partial charge in [-0.25, -0.2) is 18.4 Å². The third kappa shape index (κ3) is 4.97. The van der Waals surface area contributed by atoms with Crippen LogP contribution in [0.1, 0.15) is 23.0 Å². The third-order valence-electron chi connectivity index (χ3n) is 4.48. The van der Waals surface area contributed by atoms with Crippen molar-refractivity contribution >= 4 is 15.6 Å². The van der Waals surface area contributed by atoms with E-state index in [1.165, 1.54) is 43.9 Å². The molecule has 0 N–H and O–H groups in total. The summed E-state index contributed by atoms with van der Waals surface area (Å²) >= 11 is 0. The number of rotatable bonds is 7. The number of ketones is 1. The van der Waals surface area contributed by atoms with Crippen molar-refractivity contribution in [3.8, 4) is 22.8 Å². The van der Waals surface area contributed by atoms with Gasteiger partial charge in [0, 0.05) is 31.0 Å². The molecule has 0 saturated heterocycles. The van der Waals surface area contributed by atoms with Gasteiger partial charge in [0.25, 0.3) is 5.56 Å². The molecule has 3 rings (SSSR count). The normalized spacial score (nSPS) is 11.2. The van der Waals surface area contributed by atoms with Crippen molar-refractivity contribution < 1.29 is 22.7 Å². The fourth-order valence-electron chi connectivity index (χ4n) is 2.90. The van der Waals surface area contributed by atoms with Crippen LogP contribution in [-0.2, 0) is 16.4 Å². The van der Waals surface area contributed by atoms with Crippen LogP contribution in [0.3, 0.4) is 0 Å². The number of carbonyl (C=O) groups is 1. The highest BCUT2D eigenvalue weighted by molar-refractivity contribution is 7.90. The Balaban J connectivity index is 2.07. The summed E-state index contributed by atoms with van der Waals surface area (Å²) in [7, 11) is -0.681. The molecular weight excluding hydrogens is 422 g/mol. The summed E-state index contributed by atoms with van der Waals surface area (Å²) in [5, 5.41) is -0.451. The van der Waals surface area contributed by atoms with E-state index in [1.54, 1.807) is 24.4 Å². The minimum atomic E-state index is -3.74. The highest BCUT2D eigenvalue weighted by Crippen LogP contribution is 2.28. The average molecular weight is 443 g/mol. The van der Waals surface area contributed by atoms with E-state index in [1.807, 2.05) is 0 Å². The Labute approximate surface area is 179 Å². The summed E-state index contributed by atoms with van der Waals surface area (Å²) in [5.74, 6) is 0.703. The minimum absolute atomic E-state index is 0.0249. The second-order valence-corrected chi connectivity index (χ2v) is 8.73. The van der Waals surface area contributed by atoms with E-state index in [9.17, 15) is 18.0 Å². The lowest BCUT2D eigenvalue weighted by atomic mass is 10.1. The Morgan fingerprint density at radius 2 is 1.74 bits per heavy atom. The van der Waals surface area contributed by atoms with E-state index >= 15 is 0 Å². The molecule has 0 aliphatic carbocycles. The molecule has 9 nitrogen and oxygen atoms in total. The summed E-state index contributed by atoms with van der Waals surface area (Å²) < 4.78 is 35.9. The van der Waals surface area contributed by atoms with E-state index in [0.717, 1.165) is 11.8 Å². The van der Waals surface area contributed by atoms with Gasteiger partial charge in [-0.2, -0.15) is 0 Å². The molecule has 10 heteroatoms. The first-order valence-corrected chi connectivity index (χ1v) is 11.0. The van der Waals surface area contributed by atoms with Crippen molar-refractivity contribution in [2.75, 3.05) is 20.5 Å². The van der Waals surface area contributed by atoms with E-state index in [0.29, 0.717) is 17.1 Å². The zero-order valence-electron chi connectivity index (χ0n) is 17.4. The van der Waals surface area contributed by atoms with E-state index < -0.39 is 20.8 Å². The van der Waals surface area contributed by atoms with Gasteiger partial charge in [-0.05, 0) is 29.8 Å². The van der Waals surface area contributed by atoms with Crippen molar-refractivity contribution in [1.82, 2.24) is 14.5 Å². The number of sulfone groups is 1. The Bertz CT molecular complexity index is 1310. The lowest BCUT2D eigenvalue weighted by Crippen LogP contribution is -2.19. The maximum atomic E-state index is 12.4. The summed E-state index contributed by atoms with van der Waals surface area (Å²) in [6.07, 6.45) is 2.52. The maximum absolute atomic E-state index is 12.4. The predicted octanol–water partition coefficient (Wildman–Crippen LogP) is 1.98. The zero-order valence-corrected chi connectivity index (χ0v) is 18.3. The number of carbonyl (C=O) groups excluding carboxylic acids is 1. The number of hydrogen-bond donors (Lipinski definition) is 0. The topological polar surface area (TPSA) is 117 Å². The number of ether oxygens (including phenoxy) is 2. The van der Waals surface area contributed by atoms with Gasteiger partial charge in [0.1, 0.15) is 5.69 Å². The van der Waals surface area contributed by atoms with E-state index in [2.05, 4.69) is 9.97 Å². The highest BCUT2D eigenvalue weighted by atomic mass is 32.2. The van der Waals surface area contributed by atoms with E-state index in [4.69, 9.17) is 9.47 Å². The molecule has 0 atom stereocenters. The molecule has 2 heterocycles. The second-order valence-electron chi connectivity index (χ2n) is 6.82. The molecule has 0 spiro atoms. The van der Waals surface area contributed by atoms with Gasteiger partial charge in [-0.3, -0.25) is 9.59 Å². The molecule has 0 bridgehead atoms. The number of Topliss-reactive ketones (excluding diaryl/α,β-unsaturated/α-hetero) is 1. The Morgan fingerprint density at radius 1 is 1.03 bits per heavy atom. The van der Waals surface area contributed by atoms with Crippen LogP contribution < -0.4 is 15.0 Å². The van der Waals surface area contributed by atoms with Crippen molar-refractivity contribution in [3.05, 3.63) is 64.2 Å². The monoisotopic (exact) mass is 443 g/mol. The molecule has 1 aromatic carbocycles. The van der Waals surface area contributed by atoms with Crippen molar-refractivity contribution in [2.45, 2.75) is 18.6 Å². The molecular formula is C21H21N3O6S. The fourth-order valence-corrected chi connectivity index (χ4v) is 3.43. The van der Waals surface area contributed by atoms with Crippen LogP contribution in [0.15, 0.2) is 52.5 Å². The molecule has 0 radical (unpaired) electrons. The lowest BCUT2D eigenvalue weighted by Gasteiger charge is -2.12. The third-order valence-corrected chi connectivity index (χ3v) is 5.32. The smallest absolute Gasteiger partial charge is 0.250 e. The summed E-state index contributed by atoms with van der Waals surface area (Å²) in [5.41, 5.74) is 1.20. The minimum Gasteiger partial charge on any atom is -0.493 e. The van der Waals surface area contributed by atoms with Crippen molar-refractivity contribution in [2.24, 2.45) is 0 Å². The van der Waals surface area contributed by atoms with Gasteiger partial charge >= 0.3 is 0 Å². The molecule has 0 unspecified atom stereocenters.